The molecule has 1 atom stereocenters. The summed E-state index contributed by atoms with van der Waals surface area (Å²) in [5.41, 5.74) is 0. The van der Waals surface area contributed by atoms with Crippen LogP contribution in [0.1, 0.15) is 18.6 Å². The Hall–Kier alpha value is -2.87. The molecule has 25 heavy (non-hydrogen) atoms. The minimum atomic E-state index is 0.228. The van der Waals surface area contributed by atoms with Gasteiger partial charge in [0.1, 0.15) is 11.5 Å². The maximum absolute atomic E-state index is 5.63. The lowest BCUT2D eigenvalue weighted by Crippen LogP contribution is -2.30. The molecule has 0 aliphatic heterocycles. The van der Waals surface area contributed by atoms with Crippen LogP contribution in [0, 0.1) is 0 Å². The molecule has 0 spiro atoms. The smallest absolute Gasteiger partial charge is 0.240 e. The largest absolute Gasteiger partial charge is 0.497 e. The third-order valence-corrected chi connectivity index (χ3v) is 3.56. The molecule has 0 unspecified atom stereocenters. The Kier molecular flexibility index (Phi) is 5.63. The maximum atomic E-state index is 5.63. The summed E-state index contributed by atoms with van der Waals surface area (Å²) >= 11 is 0. The summed E-state index contributed by atoms with van der Waals surface area (Å²) in [6.07, 6.45) is 3.69. The van der Waals surface area contributed by atoms with Crippen molar-refractivity contribution in [3.05, 3.63) is 54.4 Å². The monoisotopic (exact) mass is 343 g/mol. The number of nitrogens with one attached hydrogen (secondary N) is 1. The molecular weight excluding hydrogens is 322 g/mol. The van der Waals surface area contributed by atoms with E-state index >= 15 is 0 Å². The molecule has 132 valence electrons. The lowest BCUT2D eigenvalue weighted by atomic mass is 10.3. The zero-order valence-corrected chi connectivity index (χ0v) is 14.3. The first kappa shape index (κ1) is 17.0. The van der Waals surface area contributed by atoms with Gasteiger partial charge < -0.3 is 19.3 Å². The average molecular weight is 343 g/mol. The normalized spacial score (nSPS) is 12.1. The molecular formula is C17H21N5O3. The van der Waals surface area contributed by atoms with Gasteiger partial charge in [-0.1, -0.05) is 5.16 Å². The van der Waals surface area contributed by atoms with Crippen LogP contribution in [-0.4, -0.2) is 33.1 Å². The third-order valence-electron chi connectivity index (χ3n) is 3.56. The topological polar surface area (TPSA) is 87.2 Å². The second kappa shape index (κ2) is 8.29. The summed E-state index contributed by atoms with van der Waals surface area (Å²) in [6.45, 7) is 3.59. The van der Waals surface area contributed by atoms with Gasteiger partial charge in [0.15, 0.2) is 6.61 Å². The molecule has 0 bridgehead atoms. The van der Waals surface area contributed by atoms with E-state index in [0.717, 1.165) is 18.0 Å². The zero-order chi connectivity index (χ0) is 17.5. The Labute approximate surface area is 145 Å². The highest BCUT2D eigenvalue weighted by molar-refractivity contribution is 5.31. The van der Waals surface area contributed by atoms with E-state index in [-0.39, 0.29) is 12.6 Å². The standard InChI is InChI=1S/C17H21N5O3/c1-13(11-22-9-3-8-19-22)18-10-17-20-16(21-25-17)12-24-15-6-4-14(23-2)5-7-15/h3-9,13,18H,10-12H2,1-2H3/t13-/m0/s1. The van der Waals surface area contributed by atoms with Crippen LogP contribution in [0.5, 0.6) is 11.5 Å². The Morgan fingerprint density at radius 2 is 2.04 bits per heavy atom. The minimum absolute atomic E-state index is 0.228. The first-order valence-corrected chi connectivity index (χ1v) is 8.02. The van der Waals surface area contributed by atoms with Crippen molar-refractivity contribution in [2.24, 2.45) is 0 Å². The van der Waals surface area contributed by atoms with Crippen LogP contribution in [0.15, 0.2) is 47.2 Å². The second-order valence-corrected chi connectivity index (χ2v) is 5.58. The van der Waals surface area contributed by atoms with Crippen LogP contribution in [0.3, 0.4) is 0 Å². The summed E-state index contributed by atoms with van der Waals surface area (Å²) < 4.78 is 17.8. The molecule has 0 aliphatic carbocycles. The SMILES string of the molecule is COc1ccc(OCc2noc(CN[C@@H](C)Cn3cccn3)n2)cc1. The summed E-state index contributed by atoms with van der Waals surface area (Å²) in [6, 6.07) is 9.46. The Morgan fingerprint density at radius 1 is 1.24 bits per heavy atom. The number of rotatable bonds is 9. The quantitative estimate of drug-likeness (QED) is 0.636. The molecule has 1 aromatic carbocycles. The number of methoxy groups -OCH3 is 1. The van der Waals surface area contributed by atoms with Gasteiger partial charge in [-0.25, -0.2) is 0 Å². The molecule has 0 radical (unpaired) electrons. The lowest BCUT2D eigenvalue weighted by molar-refractivity contribution is 0.283. The van der Waals surface area contributed by atoms with Crippen LogP contribution in [-0.2, 0) is 19.7 Å². The first-order valence-electron chi connectivity index (χ1n) is 8.02. The number of benzene rings is 1. The second-order valence-electron chi connectivity index (χ2n) is 5.58. The third kappa shape index (κ3) is 5.05. The van der Waals surface area contributed by atoms with Gasteiger partial charge in [0.25, 0.3) is 0 Å². The van der Waals surface area contributed by atoms with Crippen molar-refractivity contribution in [1.82, 2.24) is 25.2 Å². The van der Waals surface area contributed by atoms with Crippen LogP contribution in [0.2, 0.25) is 0 Å². The van der Waals surface area contributed by atoms with Crippen LogP contribution in [0.25, 0.3) is 0 Å². The van der Waals surface area contributed by atoms with E-state index in [0.29, 0.717) is 18.3 Å². The van der Waals surface area contributed by atoms with Gasteiger partial charge in [-0.05, 0) is 37.3 Å². The molecule has 2 heterocycles. The Morgan fingerprint density at radius 3 is 2.76 bits per heavy atom. The van der Waals surface area contributed by atoms with Crippen molar-refractivity contribution in [2.75, 3.05) is 7.11 Å². The van der Waals surface area contributed by atoms with E-state index in [9.17, 15) is 0 Å². The van der Waals surface area contributed by atoms with Crippen molar-refractivity contribution >= 4 is 0 Å². The molecule has 1 N–H and O–H groups in total. The van der Waals surface area contributed by atoms with Crippen molar-refractivity contribution in [3.63, 3.8) is 0 Å². The molecule has 0 saturated carbocycles. The summed E-state index contributed by atoms with van der Waals surface area (Å²) in [4.78, 5) is 4.32. The summed E-state index contributed by atoms with van der Waals surface area (Å²) in [5, 5.41) is 11.4. The predicted molar refractivity (Wildman–Crippen MR) is 90.2 cm³/mol. The van der Waals surface area contributed by atoms with Gasteiger partial charge in [0, 0.05) is 18.4 Å². The van der Waals surface area contributed by atoms with Gasteiger partial charge in [-0.15, -0.1) is 0 Å². The number of hydrogen-bond acceptors (Lipinski definition) is 7. The van der Waals surface area contributed by atoms with Crippen LogP contribution in [0.4, 0.5) is 0 Å². The fraction of sp³-hybridized carbons (Fsp3) is 0.353. The Balaban J connectivity index is 1.43. The predicted octanol–water partition coefficient (Wildman–Crippen LogP) is 2.03. The summed E-state index contributed by atoms with van der Waals surface area (Å²) in [5.74, 6) is 2.54. The number of nitrogens with zero attached hydrogens (tertiary/aromatic N) is 4. The van der Waals surface area contributed by atoms with Crippen molar-refractivity contribution in [2.45, 2.75) is 32.7 Å². The minimum Gasteiger partial charge on any atom is -0.497 e. The summed E-state index contributed by atoms with van der Waals surface area (Å²) in [7, 11) is 1.63. The lowest BCUT2D eigenvalue weighted by Gasteiger charge is -2.11. The molecule has 0 saturated heterocycles. The van der Waals surface area contributed by atoms with Gasteiger partial charge >= 0.3 is 0 Å². The fourth-order valence-corrected chi connectivity index (χ4v) is 2.26. The highest BCUT2D eigenvalue weighted by Crippen LogP contribution is 2.17. The number of aromatic nitrogens is 4. The van der Waals surface area contributed by atoms with Gasteiger partial charge in [-0.3, -0.25) is 4.68 Å². The zero-order valence-electron chi connectivity index (χ0n) is 14.3. The molecule has 8 heteroatoms. The van der Waals surface area contributed by atoms with E-state index in [1.807, 2.05) is 41.2 Å². The maximum Gasteiger partial charge on any atom is 0.240 e. The van der Waals surface area contributed by atoms with E-state index in [1.165, 1.54) is 0 Å². The van der Waals surface area contributed by atoms with E-state index in [2.05, 4.69) is 27.5 Å². The van der Waals surface area contributed by atoms with Crippen LogP contribution >= 0.6 is 0 Å². The molecule has 3 aromatic rings. The van der Waals surface area contributed by atoms with E-state index < -0.39 is 0 Å². The highest BCUT2D eigenvalue weighted by atomic mass is 16.5. The molecule has 8 nitrogen and oxygen atoms in total. The first-order chi connectivity index (χ1) is 12.2. The van der Waals surface area contributed by atoms with E-state index in [1.54, 1.807) is 13.3 Å². The molecule has 0 amide bonds. The molecule has 2 aromatic heterocycles. The number of ether oxygens (including phenoxy) is 2. The molecule has 0 aliphatic rings. The molecule has 3 rings (SSSR count). The van der Waals surface area contributed by atoms with Gasteiger partial charge in [0.2, 0.25) is 11.7 Å². The van der Waals surface area contributed by atoms with Crippen molar-refractivity contribution in [1.29, 1.82) is 0 Å². The number of hydrogen-bond donors (Lipinski definition) is 1. The van der Waals surface area contributed by atoms with Crippen LogP contribution < -0.4 is 14.8 Å². The van der Waals surface area contributed by atoms with Gasteiger partial charge in [0.05, 0.1) is 20.2 Å². The molecule has 0 fully saturated rings. The Bertz CT molecular complexity index is 755. The average Bonchev–Trinajstić information content (AvgIpc) is 3.30. The van der Waals surface area contributed by atoms with Gasteiger partial charge in [-0.2, -0.15) is 10.1 Å². The highest BCUT2D eigenvalue weighted by Gasteiger charge is 2.09. The van der Waals surface area contributed by atoms with Crippen molar-refractivity contribution in [3.8, 4) is 11.5 Å². The van der Waals surface area contributed by atoms with Crippen molar-refractivity contribution < 1.29 is 14.0 Å². The fourth-order valence-electron chi connectivity index (χ4n) is 2.26. The van der Waals surface area contributed by atoms with E-state index in [4.69, 9.17) is 14.0 Å².